The summed E-state index contributed by atoms with van der Waals surface area (Å²) in [5.41, 5.74) is -0.320. The van der Waals surface area contributed by atoms with Gasteiger partial charge >= 0.3 is 0 Å². The Kier molecular flexibility index (Phi) is 6.87. The minimum atomic E-state index is -0.586. The Balaban J connectivity index is 4.95. The lowest BCUT2D eigenvalue weighted by Crippen LogP contribution is -2.42. The van der Waals surface area contributed by atoms with Crippen molar-refractivity contribution in [2.45, 2.75) is 85.7 Å². The van der Waals surface area contributed by atoms with Gasteiger partial charge in [0.15, 0.2) is 0 Å². The van der Waals surface area contributed by atoms with Crippen LogP contribution < -0.4 is 0 Å². The maximum Gasteiger partial charge on any atom is 0.0622 e. The highest BCUT2D eigenvalue weighted by Gasteiger charge is 2.42. The molecule has 2 N–H and O–H groups in total. The molecule has 110 valence electrons. The lowest BCUT2D eigenvalue weighted by atomic mass is 9.58. The van der Waals surface area contributed by atoms with Crippen LogP contribution in [0.5, 0.6) is 0 Å². The van der Waals surface area contributed by atoms with Gasteiger partial charge in [0.2, 0.25) is 0 Å². The van der Waals surface area contributed by atoms with Gasteiger partial charge in [-0.05, 0) is 49.9 Å². The van der Waals surface area contributed by atoms with Crippen molar-refractivity contribution in [2.75, 3.05) is 6.61 Å². The molecule has 0 aromatic rings. The zero-order chi connectivity index (χ0) is 14.4. The molecule has 0 amide bonds. The molecular formula is C16H34O2. The first-order valence-corrected chi connectivity index (χ1v) is 7.47. The van der Waals surface area contributed by atoms with Gasteiger partial charge in [-0.3, -0.25) is 0 Å². The maximum absolute atomic E-state index is 10.4. The predicted octanol–water partition coefficient (Wildman–Crippen LogP) is 4.14. The van der Waals surface area contributed by atoms with Gasteiger partial charge in [0.1, 0.15) is 0 Å². The Morgan fingerprint density at radius 3 is 1.89 bits per heavy atom. The van der Waals surface area contributed by atoms with Gasteiger partial charge in [-0.15, -0.1) is 0 Å². The molecule has 0 fully saturated rings. The van der Waals surface area contributed by atoms with E-state index >= 15 is 0 Å². The highest BCUT2D eigenvalue weighted by molar-refractivity contribution is 4.93. The number of aliphatic hydroxyl groups excluding tert-OH is 1. The van der Waals surface area contributed by atoms with Crippen molar-refractivity contribution in [3.05, 3.63) is 0 Å². The monoisotopic (exact) mass is 258 g/mol. The number of aliphatic hydroxyl groups is 2. The van der Waals surface area contributed by atoms with E-state index in [-0.39, 0.29) is 17.4 Å². The van der Waals surface area contributed by atoms with Crippen LogP contribution in [0.25, 0.3) is 0 Å². The minimum absolute atomic E-state index is 0.0810. The molecule has 0 rings (SSSR count). The summed E-state index contributed by atoms with van der Waals surface area (Å²) in [6.07, 6.45) is 5.80. The van der Waals surface area contributed by atoms with E-state index in [0.29, 0.717) is 0 Å². The van der Waals surface area contributed by atoms with Gasteiger partial charge in [-0.2, -0.15) is 0 Å². The summed E-state index contributed by atoms with van der Waals surface area (Å²) in [4.78, 5) is 0. The van der Waals surface area contributed by atoms with E-state index in [1.807, 2.05) is 13.8 Å². The third-order valence-electron chi connectivity index (χ3n) is 4.91. The van der Waals surface area contributed by atoms with Gasteiger partial charge in [-0.1, -0.05) is 41.0 Å². The molecule has 0 aliphatic rings. The molecule has 0 radical (unpaired) electrons. The summed E-state index contributed by atoms with van der Waals surface area (Å²) in [6, 6.07) is 0. The normalized spacial score (nSPS) is 19.3. The molecule has 2 heteroatoms. The minimum Gasteiger partial charge on any atom is -0.396 e. The topological polar surface area (TPSA) is 40.5 Å². The summed E-state index contributed by atoms with van der Waals surface area (Å²) >= 11 is 0. The van der Waals surface area contributed by atoms with Crippen molar-refractivity contribution in [1.29, 1.82) is 0 Å². The molecule has 0 bridgehead atoms. The van der Waals surface area contributed by atoms with Crippen LogP contribution in [-0.2, 0) is 0 Å². The van der Waals surface area contributed by atoms with Crippen LogP contribution in [-0.4, -0.2) is 22.4 Å². The fourth-order valence-corrected chi connectivity index (χ4v) is 3.11. The van der Waals surface area contributed by atoms with Gasteiger partial charge in [0, 0.05) is 6.61 Å². The summed E-state index contributed by atoms with van der Waals surface area (Å²) in [5, 5.41) is 19.5. The molecule has 0 aliphatic carbocycles. The molecule has 0 saturated heterocycles. The fourth-order valence-electron chi connectivity index (χ4n) is 3.11. The Labute approximate surface area is 114 Å². The van der Waals surface area contributed by atoms with Crippen LogP contribution in [0, 0.1) is 10.8 Å². The van der Waals surface area contributed by atoms with Gasteiger partial charge in [0.05, 0.1) is 5.60 Å². The van der Waals surface area contributed by atoms with Crippen LogP contribution in [0.1, 0.15) is 80.1 Å². The fraction of sp³-hybridized carbons (Fsp3) is 1.00. The summed E-state index contributed by atoms with van der Waals surface area (Å²) in [6.45, 7) is 13.3. The largest absolute Gasteiger partial charge is 0.396 e. The molecule has 2 nitrogen and oxygen atoms in total. The summed E-state index contributed by atoms with van der Waals surface area (Å²) in [5.74, 6) is 0. The summed E-state index contributed by atoms with van der Waals surface area (Å²) in [7, 11) is 0. The van der Waals surface area contributed by atoms with E-state index < -0.39 is 5.60 Å². The van der Waals surface area contributed by atoms with E-state index in [2.05, 4.69) is 27.7 Å². The second-order valence-electron chi connectivity index (χ2n) is 7.05. The average Bonchev–Trinajstić information content (AvgIpc) is 2.25. The Hall–Kier alpha value is -0.0800. The van der Waals surface area contributed by atoms with Crippen molar-refractivity contribution in [2.24, 2.45) is 10.8 Å². The Bertz CT molecular complexity index is 233. The lowest BCUT2D eigenvalue weighted by molar-refractivity contribution is -0.0445. The van der Waals surface area contributed by atoms with Crippen molar-refractivity contribution in [3.8, 4) is 0 Å². The van der Waals surface area contributed by atoms with E-state index in [1.54, 1.807) is 0 Å². The highest BCUT2D eigenvalue weighted by atomic mass is 16.3. The molecule has 0 aliphatic heterocycles. The van der Waals surface area contributed by atoms with E-state index in [9.17, 15) is 5.11 Å². The molecule has 0 aromatic carbocycles. The van der Waals surface area contributed by atoms with Gasteiger partial charge < -0.3 is 10.2 Å². The molecule has 0 heterocycles. The van der Waals surface area contributed by atoms with Gasteiger partial charge in [-0.25, -0.2) is 0 Å². The third-order valence-corrected chi connectivity index (χ3v) is 4.91. The van der Waals surface area contributed by atoms with Crippen molar-refractivity contribution < 1.29 is 10.2 Å². The van der Waals surface area contributed by atoms with Crippen LogP contribution in [0.3, 0.4) is 0 Å². The number of hydrogen-bond donors (Lipinski definition) is 2. The summed E-state index contributed by atoms with van der Waals surface area (Å²) < 4.78 is 0. The molecule has 2 atom stereocenters. The maximum atomic E-state index is 10.4. The average molecular weight is 258 g/mol. The molecule has 0 saturated carbocycles. The zero-order valence-corrected chi connectivity index (χ0v) is 13.3. The van der Waals surface area contributed by atoms with E-state index in [0.717, 1.165) is 38.5 Å². The van der Waals surface area contributed by atoms with Crippen LogP contribution >= 0.6 is 0 Å². The highest BCUT2D eigenvalue weighted by Crippen LogP contribution is 2.50. The molecule has 0 spiro atoms. The molecule has 18 heavy (non-hydrogen) atoms. The predicted molar refractivity (Wildman–Crippen MR) is 78.6 cm³/mol. The quantitative estimate of drug-likeness (QED) is 0.652. The van der Waals surface area contributed by atoms with Crippen LogP contribution in [0.4, 0.5) is 0 Å². The first-order chi connectivity index (χ1) is 8.14. The molecular weight excluding hydrogens is 224 g/mol. The van der Waals surface area contributed by atoms with Crippen molar-refractivity contribution in [1.82, 2.24) is 0 Å². The zero-order valence-electron chi connectivity index (χ0n) is 13.3. The number of hydrogen-bond acceptors (Lipinski definition) is 2. The second kappa shape index (κ2) is 6.91. The SMILES string of the molecule is CCCC(C)(CCCO)C(C)(C)CC(C)(O)CC. The van der Waals surface area contributed by atoms with E-state index in [4.69, 9.17) is 5.11 Å². The smallest absolute Gasteiger partial charge is 0.0622 e. The third kappa shape index (κ3) is 4.89. The molecule has 2 unspecified atom stereocenters. The first-order valence-electron chi connectivity index (χ1n) is 7.47. The van der Waals surface area contributed by atoms with Gasteiger partial charge in [0.25, 0.3) is 0 Å². The Morgan fingerprint density at radius 2 is 1.50 bits per heavy atom. The first kappa shape index (κ1) is 17.9. The van der Waals surface area contributed by atoms with Crippen LogP contribution in [0.2, 0.25) is 0 Å². The van der Waals surface area contributed by atoms with Crippen molar-refractivity contribution in [3.63, 3.8) is 0 Å². The lowest BCUT2D eigenvalue weighted by Gasteiger charge is -2.48. The van der Waals surface area contributed by atoms with Crippen molar-refractivity contribution >= 4 is 0 Å². The molecule has 0 aromatic heterocycles. The second-order valence-corrected chi connectivity index (χ2v) is 7.05. The number of rotatable bonds is 9. The Morgan fingerprint density at radius 1 is 0.944 bits per heavy atom. The van der Waals surface area contributed by atoms with Crippen LogP contribution in [0.15, 0.2) is 0 Å². The van der Waals surface area contributed by atoms with E-state index in [1.165, 1.54) is 0 Å². The standard InChI is InChI=1S/C16H34O2/c1-7-10-15(5,11-9-12-17)14(3,4)13-16(6,18)8-2/h17-18H,7-13H2,1-6H3.